The summed E-state index contributed by atoms with van der Waals surface area (Å²) >= 11 is 7.46. The summed E-state index contributed by atoms with van der Waals surface area (Å²) in [6.45, 7) is 5.38. The van der Waals surface area contributed by atoms with Gasteiger partial charge in [-0.3, -0.25) is 4.79 Å². The molecule has 4 rings (SSSR count). The minimum absolute atomic E-state index is 0.131. The minimum Gasteiger partial charge on any atom is -0.490 e. The molecular formula is C23H26ClN5O3S. The number of aromatic nitrogens is 3. The Kier molecular flexibility index (Phi) is 7.29. The lowest BCUT2D eigenvalue weighted by molar-refractivity contribution is -0.119. The number of nitrogens with two attached hydrogens (primary N) is 1. The van der Waals surface area contributed by atoms with Crippen molar-refractivity contribution >= 4 is 29.3 Å². The molecule has 2 aromatic carbocycles. The standard InChI is InChI=1S/C23H26ClN5O3S/c1-14(2)21(15-8-9-18-19(12-15)32-11-5-10-31-18)26-20(30)13-33-23-28-27-22(29(23)25)16-6-3-4-7-17(16)24/h3-4,6-9,12,14,21H,5,10-11,13,25H2,1-2H3,(H,26,30). The molecule has 3 N–H and O–H groups in total. The zero-order valence-electron chi connectivity index (χ0n) is 18.5. The fraction of sp³-hybridized carbons (Fsp3) is 0.348. The van der Waals surface area contributed by atoms with Crippen LogP contribution in [0, 0.1) is 5.92 Å². The molecular weight excluding hydrogens is 462 g/mol. The molecule has 1 aromatic heterocycles. The fourth-order valence-electron chi connectivity index (χ4n) is 3.56. The number of nitrogen functional groups attached to an aromatic ring is 1. The lowest BCUT2D eigenvalue weighted by Crippen LogP contribution is -2.33. The molecule has 3 aromatic rings. The monoisotopic (exact) mass is 487 g/mol. The number of thioether (sulfide) groups is 1. The van der Waals surface area contributed by atoms with Crippen molar-refractivity contribution in [3.05, 3.63) is 53.1 Å². The van der Waals surface area contributed by atoms with Crippen LogP contribution in [0.3, 0.4) is 0 Å². The largest absolute Gasteiger partial charge is 0.490 e. The van der Waals surface area contributed by atoms with Gasteiger partial charge in [0.25, 0.3) is 0 Å². The van der Waals surface area contributed by atoms with Crippen LogP contribution in [0.15, 0.2) is 47.6 Å². The molecule has 33 heavy (non-hydrogen) atoms. The molecule has 10 heteroatoms. The lowest BCUT2D eigenvalue weighted by Gasteiger charge is -2.23. The third-order valence-electron chi connectivity index (χ3n) is 5.23. The van der Waals surface area contributed by atoms with E-state index in [1.165, 1.54) is 16.4 Å². The molecule has 0 aliphatic carbocycles. The van der Waals surface area contributed by atoms with E-state index in [2.05, 4.69) is 29.4 Å². The van der Waals surface area contributed by atoms with E-state index in [4.69, 9.17) is 26.9 Å². The summed E-state index contributed by atoms with van der Waals surface area (Å²) in [6.07, 6.45) is 0.843. The van der Waals surface area contributed by atoms with Gasteiger partial charge in [0.05, 0.1) is 30.0 Å². The highest BCUT2D eigenvalue weighted by atomic mass is 35.5. The number of ether oxygens (including phenoxy) is 2. The van der Waals surface area contributed by atoms with E-state index in [1.54, 1.807) is 6.07 Å². The topological polar surface area (TPSA) is 104 Å². The van der Waals surface area contributed by atoms with Gasteiger partial charge in [-0.25, -0.2) is 4.68 Å². The molecule has 0 bridgehead atoms. The van der Waals surface area contributed by atoms with Gasteiger partial charge in [-0.2, -0.15) is 0 Å². The third-order valence-corrected chi connectivity index (χ3v) is 6.50. The first-order chi connectivity index (χ1) is 15.9. The first kappa shape index (κ1) is 23.3. The summed E-state index contributed by atoms with van der Waals surface area (Å²) < 4.78 is 12.9. The van der Waals surface area contributed by atoms with Gasteiger partial charge in [0.1, 0.15) is 0 Å². The Morgan fingerprint density at radius 2 is 1.94 bits per heavy atom. The number of benzene rings is 2. The normalized spacial score (nSPS) is 14.1. The number of carbonyl (C=O) groups excluding carboxylic acids is 1. The predicted octanol–water partition coefficient (Wildman–Crippen LogP) is 4.08. The smallest absolute Gasteiger partial charge is 0.230 e. The molecule has 1 atom stereocenters. The van der Waals surface area contributed by atoms with E-state index < -0.39 is 0 Å². The SMILES string of the molecule is CC(C)C(NC(=O)CSc1nnc(-c2ccccc2Cl)n1N)c1ccc2c(c1)OCCCO2. The van der Waals surface area contributed by atoms with Gasteiger partial charge in [-0.05, 0) is 35.7 Å². The van der Waals surface area contributed by atoms with Crippen LogP contribution in [0.4, 0.5) is 0 Å². The molecule has 174 valence electrons. The minimum atomic E-state index is -0.176. The summed E-state index contributed by atoms with van der Waals surface area (Å²) in [5.74, 6) is 8.24. The van der Waals surface area contributed by atoms with Crippen molar-refractivity contribution in [2.45, 2.75) is 31.5 Å². The van der Waals surface area contributed by atoms with E-state index in [9.17, 15) is 4.79 Å². The summed E-state index contributed by atoms with van der Waals surface area (Å²) in [4.78, 5) is 12.8. The maximum atomic E-state index is 12.8. The quantitative estimate of drug-likeness (QED) is 0.382. The number of nitrogens with zero attached hydrogens (tertiary/aromatic N) is 3. The van der Waals surface area contributed by atoms with E-state index in [-0.39, 0.29) is 23.6 Å². The molecule has 8 nitrogen and oxygen atoms in total. The second-order valence-electron chi connectivity index (χ2n) is 7.99. The van der Waals surface area contributed by atoms with E-state index in [0.29, 0.717) is 40.5 Å². The van der Waals surface area contributed by atoms with Gasteiger partial charge in [0.2, 0.25) is 11.1 Å². The first-order valence-corrected chi connectivity index (χ1v) is 12.1. The van der Waals surface area contributed by atoms with E-state index in [1.807, 2.05) is 36.4 Å². The van der Waals surface area contributed by atoms with Gasteiger partial charge in [-0.1, -0.05) is 55.4 Å². The molecule has 0 saturated carbocycles. The zero-order valence-corrected chi connectivity index (χ0v) is 20.0. The molecule has 1 aliphatic heterocycles. The molecule has 2 heterocycles. The Balaban J connectivity index is 1.43. The second kappa shape index (κ2) is 10.4. The molecule has 0 fully saturated rings. The number of nitrogens with one attached hydrogen (secondary N) is 1. The van der Waals surface area contributed by atoms with Crippen molar-refractivity contribution < 1.29 is 14.3 Å². The molecule has 0 spiro atoms. The predicted molar refractivity (Wildman–Crippen MR) is 129 cm³/mol. The van der Waals surface area contributed by atoms with Crippen molar-refractivity contribution in [2.24, 2.45) is 5.92 Å². The number of rotatable bonds is 7. The number of hydrogen-bond donors (Lipinski definition) is 2. The van der Waals surface area contributed by atoms with E-state index >= 15 is 0 Å². The highest BCUT2D eigenvalue weighted by molar-refractivity contribution is 7.99. The maximum absolute atomic E-state index is 12.8. The Hall–Kier alpha value is -2.91. The highest BCUT2D eigenvalue weighted by Crippen LogP contribution is 2.34. The van der Waals surface area contributed by atoms with Crippen molar-refractivity contribution in [3.8, 4) is 22.9 Å². The van der Waals surface area contributed by atoms with Crippen LogP contribution in [0.1, 0.15) is 31.9 Å². The summed E-state index contributed by atoms with van der Waals surface area (Å²) in [6, 6.07) is 12.9. The van der Waals surface area contributed by atoms with Crippen LogP contribution >= 0.6 is 23.4 Å². The van der Waals surface area contributed by atoms with Gasteiger partial charge in [0.15, 0.2) is 17.3 Å². The summed E-state index contributed by atoms with van der Waals surface area (Å²) in [5.41, 5.74) is 1.65. The average molecular weight is 488 g/mol. The van der Waals surface area contributed by atoms with Crippen LogP contribution in [-0.2, 0) is 4.79 Å². The Morgan fingerprint density at radius 1 is 1.18 bits per heavy atom. The van der Waals surface area contributed by atoms with Crippen LogP contribution in [0.5, 0.6) is 11.5 Å². The molecule has 1 unspecified atom stereocenters. The second-order valence-corrected chi connectivity index (χ2v) is 9.34. The molecule has 1 amide bonds. The Labute approximate surface area is 201 Å². The molecule has 1 aliphatic rings. The fourth-order valence-corrected chi connectivity index (χ4v) is 4.44. The van der Waals surface area contributed by atoms with Crippen LogP contribution < -0.4 is 20.6 Å². The Bertz CT molecular complexity index is 1140. The Morgan fingerprint density at radius 3 is 2.70 bits per heavy atom. The summed E-state index contributed by atoms with van der Waals surface area (Å²) in [5, 5.41) is 12.3. The number of fused-ring (bicyclic) bond motifs is 1. The number of amides is 1. The van der Waals surface area contributed by atoms with Crippen LogP contribution in [-0.4, -0.2) is 39.7 Å². The highest BCUT2D eigenvalue weighted by Gasteiger charge is 2.22. The van der Waals surface area contributed by atoms with Gasteiger partial charge < -0.3 is 20.6 Å². The van der Waals surface area contributed by atoms with Crippen molar-refractivity contribution in [3.63, 3.8) is 0 Å². The zero-order chi connectivity index (χ0) is 23.4. The molecule has 0 saturated heterocycles. The number of hydrogen-bond acceptors (Lipinski definition) is 7. The number of halogens is 1. The maximum Gasteiger partial charge on any atom is 0.230 e. The molecule has 0 radical (unpaired) electrons. The average Bonchev–Trinajstić information content (AvgIpc) is 3.01. The van der Waals surface area contributed by atoms with Gasteiger partial charge in [-0.15, -0.1) is 10.2 Å². The van der Waals surface area contributed by atoms with Gasteiger partial charge >= 0.3 is 0 Å². The van der Waals surface area contributed by atoms with Gasteiger partial charge in [0, 0.05) is 12.0 Å². The van der Waals surface area contributed by atoms with Crippen molar-refractivity contribution in [1.29, 1.82) is 0 Å². The first-order valence-electron chi connectivity index (χ1n) is 10.7. The van der Waals surface area contributed by atoms with Crippen molar-refractivity contribution in [1.82, 2.24) is 20.2 Å². The number of carbonyl (C=O) groups is 1. The van der Waals surface area contributed by atoms with Crippen LogP contribution in [0.2, 0.25) is 5.02 Å². The summed E-state index contributed by atoms with van der Waals surface area (Å²) in [7, 11) is 0. The van der Waals surface area contributed by atoms with Crippen molar-refractivity contribution in [2.75, 3.05) is 24.8 Å². The third kappa shape index (κ3) is 5.36. The van der Waals surface area contributed by atoms with E-state index in [0.717, 1.165) is 17.7 Å². The van der Waals surface area contributed by atoms with Crippen LogP contribution in [0.25, 0.3) is 11.4 Å². The lowest BCUT2D eigenvalue weighted by atomic mass is 9.95.